The lowest BCUT2D eigenvalue weighted by atomic mass is 9.94. The maximum atomic E-state index is 12.2. The molecule has 1 aliphatic carbocycles. The monoisotopic (exact) mass is 267 g/mol. The fraction of sp³-hybridized carbons (Fsp3) is 1.00. The zero-order valence-corrected chi connectivity index (χ0v) is 11.1. The van der Waals surface area contributed by atoms with Crippen LogP contribution in [-0.4, -0.2) is 31.5 Å². The molecule has 0 spiro atoms. The van der Waals surface area contributed by atoms with E-state index in [1.165, 1.54) is 6.42 Å². The van der Waals surface area contributed by atoms with Crippen molar-refractivity contribution in [2.45, 2.75) is 70.2 Å². The predicted molar refractivity (Wildman–Crippen MR) is 65.6 cm³/mol. The minimum Gasteiger partial charge on any atom is -0.367 e. The molecular formula is C13H24F3NO. The highest BCUT2D eigenvalue weighted by Crippen LogP contribution is 2.23. The first-order chi connectivity index (χ1) is 8.53. The quantitative estimate of drug-likeness (QED) is 0.821. The van der Waals surface area contributed by atoms with E-state index in [4.69, 9.17) is 4.74 Å². The Morgan fingerprint density at radius 1 is 1.11 bits per heavy atom. The molecule has 0 radical (unpaired) electrons. The molecule has 1 N–H and O–H groups in total. The first kappa shape index (κ1) is 15.8. The molecule has 0 amide bonds. The van der Waals surface area contributed by atoms with Crippen LogP contribution in [-0.2, 0) is 4.74 Å². The summed E-state index contributed by atoms with van der Waals surface area (Å²) >= 11 is 0. The van der Waals surface area contributed by atoms with Gasteiger partial charge in [-0.15, -0.1) is 0 Å². The first-order valence-corrected chi connectivity index (χ1v) is 6.94. The highest BCUT2D eigenvalue weighted by atomic mass is 19.4. The van der Waals surface area contributed by atoms with Crippen molar-refractivity contribution in [2.75, 3.05) is 13.2 Å². The molecule has 2 atom stereocenters. The molecular weight excluding hydrogens is 243 g/mol. The number of halogens is 3. The van der Waals surface area contributed by atoms with Crippen molar-refractivity contribution >= 4 is 0 Å². The molecule has 1 saturated carbocycles. The van der Waals surface area contributed by atoms with E-state index in [1.807, 2.05) is 0 Å². The predicted octanol–water partition coefficient (Wildman–Crippen LogP) is 3.66. The fourth-order valence-electron chi connectivity index (χ4n) is 2.41. The molecule has 0 heterocycles. The van der Waals surface area contributed by atoms with Crippen LogP contribution in [0, 0.1) is 0 Å². The summed E-state index contributed by atoms with van der Waals surface area (Å²) in [6, 6.07) is 0.0765. The summed E-state index contributed by atoms with van der Waals surface area (Å²) in [5.41, 5.74) is 0. The molecule has 108 valence electrons. The molecule has 1 rings (SSSR count). The van der Waals surface area contributed by atoms with E-state index in [-0.39, 0.29) is 12.1 Å². The van der Waals surface area contributed by atoms with E-state index >= 15 is 0 Å². The number of nitrogens with one attached hydrogen (secondary N) is 1. The smallest absolute Gasteiger partial charge is 0.367 e. The summed E-state index contributed by atoms with van der Waals surface area (Å²) in [6.45, 7) is 1.78. The van der Waals surface area contributed by atoms with E-state index in [2.05, 4.69) is 12.2 Å². The summed E-state index contributed by atoms with van der Waals surface area (Å²) in [5, 5.41) is 3.33. The molecule has 0 saturated heterocycles. The van der Waals surface area contributed by atoms with Gasteiger partial charge in [-0.05, 0) is 25.8 Å². The highest BCUT2D eigenvalue weighted by molar-refractivity contribution is 4.79. The van der Waals surface area contributed by atoms with Gasteiger partial charge in [0.2, 0.25) is 0 Å². The number of ether oxygens (including phenoxy) is 1. The summed E-state index contributed by atoms with van der Waals surface area (Å²) in [4.78, 5) is 0. The van der Waals surface area contributed by atoms with Gasteiger partial charge in [-0.25, -0.2) is 0 Å². The number of alkyl halides is 3. The van der Waals surface area contributed by atoms with Crippen LogP contribution in [0.3, 0.4) is 0 Å². The second-order valence-corrected chi connectivity index (χ2v) is 5.02. The SMILES string of the molecule is CCCNC1CCCCCCC1OCC(F)(F)F. The van der Waals surface area contributed by atoms with Crippen LogP contribution in [0.5, 0.6) is 0 Å². The van der Waals surface area contributed by atoms with Crippen molar-refractivity contribution < 1.29 is 17.9 Å². The van der Waals surface area contributed by atoms with Gasteiger partial charge in [0.15, 0.2) is 0 Å². The van der Waals surface area contributed by atoms with Gasteiger partial charge in [0, 0.05) is 6.04 Å². The molecule has 1 fully saturated rings. The molecule has 18 heavy (non-hydrogen) atoms. The second kappa shape index (κ2) is 8.00. The average molecular weight is 267 g/mol. The van der Waals surface area contributed by atoms with Crippen LogP contribution in [0.15, 0.2) is 0 Å². The van der Waals surface area contributed by atoms with Gasteiger partial charge in [0.1, 0.15) is 6.61 Å². The van der Waals surface area contributed by atoms with Crippen LogP contribution >= 0.6 is 0 Å². The van der Waals surface area contributed by atoms with Crippen molar-refractivity contribution in [1.29, 1.82) is 0 Å². The molecule has 1 aliphatic rings. The molecule has 2 nitrogen and oxygen atoms in total. The summed E-state index contributed by atoms with van der Waals surface area (Å²) in [6.07, 6.45) is 2.45. The number of hydrogen-bond donors (Lipinski definition) is 1. The fourth-order valence-corrected chi connectivity index (χ4v) is 2.41. The Kier molecular flexibility index (Phi) is 7.00. The third-order valence-electron chi connectivity index (χ3n) is 3.32. The summed E-state index contributed by atoms with van der Waals surface area (Å²) in [5.74, 6) is 0. The van der Waals surface area contributed by atoms with Gasteiger partial charge < -0.3 is 10.1 Å². The van der Waals surface area contributed by atoms with E-state index in [1.54, 1.807) is 0 Å². The zero-order valence-electron chi connectivity index (χ0n) is 11.1. The third kappa shape index (κ3) is 6.59. The molecule has 0 bridgehead atoms. The molecule has 2 unspecified atom stereocenters. The summed E-state index contributed by atoms with van der Waals surface area (Å²) < 4.78 is 41.8. The third-order valence-corrected chi connectivity index (χ3v) is 3.32. The van der Waals surface area contributed by atoms with Crippen molar-refractivity contribution in [2.24, 2.45) is 0 Å². The van der Waals surface area contributed by atoms with Crippen molar-refractivity contribution in [3.8, 4) is 0 Å². The van der Waals surface area contributed by atoms with E-state index < -0.39 is 12.8 Å². The van der Waals surface area contributed by atoms with Crippen LogP contribution < -0.4 is 5.32 Å². The first-order valence-electron chi connectivity index (χ1n) is 6.94. The second-order valence-electron chi connectivity index (χ2n) is 5.02. The Morgan fingerprint density at radius 3 is 2.39 bits per heavy atom. The van der Waals surface area contributed by atoms with E-state index in [0.717, 1.165) is 45.1 Å². The van der Waals surface area contributed by atoms with E-state index in [9.17, 15) is 13.2 Å². The molecule has 0 aliphatic heterocycles. The zero-order chi connectivity index (χ0) is 13.4. The normalized spacial score (nSPS) is 26.7. The van der Waals surface area contributed by atoms with Crippen LogP contribution in [0.4, 0.5) is 13.2 Å². The van der Waals surface area contributed by atoms with Crippen molar-refractivity contribution in [3.63, 3.8) is 0 Å². The Labute approximate surface area is 107 Å². The Hall–Kier alpha value is -0.290. The lowest BCUT2D eigenvalue weighted by molar-refractivity contribution is -0.189. The van der Waals surface area contributed by atoms with Gasteiger partial charge in [0.05, 0.1) is 6.10 Å². The van der Waals surface area contributed by atoms with Gasteiger partial charge in [-0.3, -0.25) is 0 Å². The summed E-state index contributed by atoms with van der Waals surface area (Å²) in [7, 11) is 0. The average Bonchev–Trinajstić information content (AvgIpc) is 2.25. The van der Waals surface area contributed by atoms with Gasteiger partial charge in [-0.1, -0.05) is 32.6 Å². The van der Waals surface area contributed by atoms with Crippen molar-refractivity contribution in [1.82, 2.24) is 5.32 Å². The van der Waals surface area contributed by atoms with Crippen LogP contribution in [0.25, 0.3) is 0 Å². The number of rotatable bonds is 5. The van der Waals surface area contributed by atoms with E-state index in [0.29, 0.717) is 0 Å². The minimum absolute atomic E-state index is 0.0765. The van der Waals surface area contributed by atoms with Crippen molar-refractivity contribution in [3.05, 3.63) is 0 Å². The lowest BCUT2D eigenvalue weighted by Crippen LogP contribution is -2.43. The minimum atomic E-state index is -4.22. The lowest BCUT2D eigenvalue weighted by Gasteiger charge is -2.30. The molecule has 0 aromatic heterocycles. The Morgan fingerprint density at radius 2 is 1.78 bits per heavy atom. The Balaban J connectivity index is 2.48. The van der Waals surface area contributed by atoms with Crippen LogP contribution in [0.1, 0.15) is 51.9 Å². The van der Waals surface area contributed by atoms with Gasteiger partial charge >= 0.3 is 6.18 Å². The Bertz CT molecular complexity index is 219. The molecule has 0 aromatic carbocycles. The maximum Gasteiger partial charge on any atom is 0.411 e. The molecule has 5 heteroatoms. The highest BCUT2D eigenvalue weighted by Gasteiger charge is 2.31. The van der Waals surface area contributed by atoms with Gasteiger partial charge in [-0.2, -0.15) is 13.2 Å². The van der Waals surface area contributed by atoms with Gasteiger partial charge in [0.25, 0.3) is 0 Å². The maximum absolute atomic E-state index is 12.2. The topological polar surface area (TPSA) is 21.3 Å². The van der Waals surface area contributed by atoms with Crippen LogP contribution in [0.2, 0.25) is 0 Å². The largest absolute Gasteiger partial charge is 0.411 e. The standard InChI is InChI=1S/C13H24F3NO/c1-2-9-17-11-7-5-3-4-6-8-12(11)18-10-13(14,15)16/h11-12,17H,2-10H2,1H3. The number of hydrogen-bond acceptors (Lipinski definition) is 2. The molecule has 0 aromatic rings.